The maximum atomic E-state index is 10.1. The van der Waals surface area contributed by atoms with E-state index in [4.69, 9.17) is 4.74 Å². The van der Waals surface area contributed by atoms with E-state index in [-0.39, 0.29) is 0 Å². The van der Waals surface area contributed by atoms with Crippen molar-refractivity contribution in [1.82, 2.24) is 4.90 Å². The zero-order chi connectivity index (χ0) is 13.2. The van der Waals surface area contributed by atoms with E-state index in [1.807, 2.05) is 25.1 Å². The molecule has 0 aromatic heterocycles. The summed E-state index contributed by atoms with van der Waals surface area (Å²) in [4.78, 5) is 2.29. The van der Waals surface area contributed by atoms with Crippen LogP contribution in [0.5, 0.6) is 5.75 Å². The second-order valence-electron chi connectivity index (χ2n) is 5.27. The van der Waals surface area contributed by atoms with E-state index in [2.05, 4.69) is 20.8 Å². The number of β-amino-alcohol motifs (C(OH)–C–C–N with tert-alkyl or cyclic N) is 1. The topological polar surface area (TPSA) is 32.7 Å². The van der Waals surface area contributed by atoms with Gasteiger partial charge < -0.3 is 9.84 Å². The van der Waals surface area contributed by atoms with Gasteiger partial charge in [-0.1, -0.05) is 15.9 Å². The lowest BCUT2D eigenvalue weighted by molar-refractivity contribution is -0.0182. The first-order valence-electron chi connectivity index (χ1n) is 6.27. The van der Waals surface area contributed by atoms with Crippen LogP contribution in [0.25, 0.3) is 0 Å². The summed E-state index contributed by atoms with van der Waals surface area (Å²) in [5.41, 5.74) is 0.649. The fourth-order valence-electron chi connectivity index (χ4n) is 2.50. The number of ether oxygens (including phenoxy) is 1. The van der Waals surface area contributed by atoms with E-state index in [0.29, 0.717) is 0 Å². The maximum Gasteiger partial charge on any atom is 0.119 e. The number of benzene rings is 1. The normalized spacial score (nSPS) is 25.1. The van der Waals surface area contributed by atoms with Crippen LogP contribution in [0.15, 0.2) is 22.7 Å². The Balaban J connectivity index is 2.09. The first kappa shape index (κ1) is 13.8. The Morgan fingerprint density at radius 3 is 2.94 bits per heavy atom. The van der Waals surface area contributed by atoms with Crippen molar-refractivity contribution in [2.75, 3.05) is 20.2 Å². The smallest absolute Gasteiger partial charge is 0.119 e. The van der Waals surface area contributed by atoms with Crippen LogP contribution in [-0.2, 0) is 6.54 Å². The summed E-state index contributed by atoms with van der Waals surface area (Å²) in [6, 6.07) is 6.00. The second kappa shape index (κ2) is 5.59. The predicted octanol–water partition coefficient (Wildman–Crippen LogP) is 2.80. The molecule has 100 valence electrons. The quantitative estimate of drug-likeness (QED) is 0.931. The standard InChI is InChI=1S/C14H20BrNO2/c1-14(17)6-3-7-16(10-14)9-11-8-12(18-2)4-5-13(11)15/h4-5,8,17H,3,6-7,9-10H2,1-2H3. The fourth-order valence-corrected chi connectivity index (χ4v) is 2.87. The summed E-state index contributed by atoms with van der Waals surface area (Å²) in [5, 5.41) is 10.1. The molecule has 1 fully saturated rings. The van der Waals surface area contributed by atoms with Gasteiger partial charge in [0.15, 0.2) is 0 Å². The van der Waals surface area contributed by atoms with E-state index >= 15 is 0 Å². The monoisotopic (exact) mass is 313 g/mol. The van der Waals surface area contributed by atoms with E-state index in [0.717, 1.165) is 42.7 Å². The number of hydrogen-bond acceptors (Lipinski definition) is 3. The average Bonchev–Trinajstić information content (AvgIpc) is 2.31. The number of rotatable bonds is 3. The van der Waals surface area contributed by atoms with Crippen molar-refractivity contribution < 1.29 is 9.84 Å². The molecule has 0 aliphatic carbocycles. The van der Waals surface area contributed by atoms with E-state index in [1.165, 1.54) is 5.56 Å². The van der Waals surface area contributed by atoms with Crippen LogP contribution in [0.4, 0.5) is 0 Å². The molecule has 1 N–H and O–H groups in total. The highest BCUT2D eigenvalue weighted by molar-refractivity contribution is 9.10. The van der Waals surface area contributed by atoms with Gasteiger partial charge in [0.05, 0.1) is 12.7 Å². The Kier molecular flexibility index (Phi) is 4.30. The second-order valence-corrected chi connectivity index (χ2v) is 6.12. The van der Waals surface area contributed by atoms with E-state index in [1.54, 1.807) is 7.11 Å². The van der Waals surface area contributed by atoms with Gasteiger partial charge in [0.1, 0.15) is 5.75 Å². The third-order valence-corrected chi connectivity index (χ3v) is 4.17. The largest absolute Gasteiger partial charge is 0.497 e. The van der Waals surface area contributed by atoms with Gasteiger partial charge in [-0.3, -0.25) is 4.90 Å². The number of hydrogen-bond donors (Lipinski definition) is 1. The summed E-state index contributed by atoms with van der Waals surface area (Å²) in [7, 11) is 1.68. The highest BCUT2D eigenvalue weighted by Crippen LogP contribution is 2.27. The SMILES string of the molecule is COc1ccc(Br)c(CN2CCCC(C)(O)C2)c1. The molecule has 1 heterocycles. The molecule has 1 aromatic rings. The number of likely N-dealkylation sites (tertiary alicyclic amines) is 1. The lowest BCUT2D eigenvalue weighted by atomic mass is 9.95. The van der Waals surface area contributed by atoms with Gasteiger partial charge in [-0.15, -0.1) is 0 Å². The molecule has 1 unspecified atom stereocenters. The summed E-state index contributed by atoms with van der Waals surface area (Å²) in [6.45, 7) is 4.53. The molecule has 1 aliphatic rings. The minimum Gasteiger partial charge on any atom is -0.497 e. The van der Waals surface area contributed by atoms with Gasteiger partial charge in [0.25, 0.3) is 0 Å². The molecule has 1 saturated heterocycles. The first-order valence-corrected chi connectivity index (χ1v) is 7.07. The third kappa shape index (κ3) is 3.46. The van der Waals surface area contributed by atoms with Gasteiger partial charge >= 0.3 is 0 Å². The van der Waals surface area contributed by atoms with Gasteiger partial charge in [-0.05, 0) is 50.1 Å². The van der Waals surface area contributed by atoms with Crippen molar-refractivity contribution in [3.63, 3.8) is 0 Å². The molecule has 3 nitrogen and oxygen atoms in total. The summed E-state index contributed by atoms with van der Waals surface area (Å²) < 4.78 is 6.34. The molecule has 2 rings (SSSR count). The Bertz CT molecular complexity index is 420. The summed E-state index contributed by atoms with van der Waals surface area (Å²) in [6.07, 6.45) is 1.94. The van der Waals surface area contributed by atoms with Crippen molar-refractivity contribution in [3.8, 4) is 5.75 Å². The summed E-state index contributed by atoms with van der Waals surface area (Å²) in [5.74, 6) is 0.872. The Hall–Kier alpha value is -0.580. The van der Waals surface area contributed by atoms with Gasteiger partial charge in [-0.25, -0.2) is 0 Å². The minimum atomic E-state index is -0.552. The van der Waals surface area contributed by atoms with Crippen LogP contribution in [0.1, 0.15) is 25.3 Å². The molecule has 0 radical (unpaired) electrons. The van der Waals surface area contributed by atoms with Gasteiger partial charge in [0, 0.05) is 17.6 Å². The van der Waals surface area contributed by atoms with Crippen LogP contribution >= 0.6 is 15.9 Å². The third-order valence-electron chi connectivity index (χ3n) is 3.40. The van der Waals surface area contributed by atoms with E-state index < -0.39 is 5.60 Å². The number of piperidine rings is 1. The zero-order valence-electron chi connectivity index (χ0n) is 10.9. The molecule has 1 aromatic carbocycles. The van der Waals surface area contributed by atoms with Gasteiger partial charge in [0.2, 0.25) is 0 Å². The first-order chi connectivity index (χ1) is 8.50. The zero-order valence-corrected chi connectivity index (χ0v) is 12.5. The van der Waals surface area contributed by atoms with Crippen molar-refractivity contribution in [2.24, 2.45) is 0 Å². The molecule has 1 aliphatic heterocycles. The average molecular weight is 314 g/mol. The van der Waals surface area contributed by atoms with Crippen molar-refractivity contribution in [3.05, 3.63) is 28.2 Å². The van der Waals surface area contributed by atoms with Crippen LogP contribution < -0.4 is 4.74 Å². The number of halogens is 1. The molecule has 0 amide bonds. The number of aliphatic hydroxyl groups is 1. The van der Waals surface area contributed by atoms with E-state index in [9.17, 15) is 5.11 Å². The summed E-state index contributed by atoms with van der Waals surface area (Å²) >= 11 is 3.57. The minimum absolute atomic E-state index is 0.552. The Morgan fingerprint density at radius 1 is 1.50 bits per heavy atom. The Labute approximate surface area is 117 Å². The predicted molar refractivity (Wildman–Crippen MR) is 75.8 cm³/mol. The molecule has 18 heavy (non-hydrogen) atoms. The molecule has 0 bridgehead atoms. The molecule has 0 saturated carbocycles. The lowest BCUT2D eigenvalue weighted by Crippen LogP contribution is -2.45. The van der Waals surface area contributed by atoms with Crippen LogP contribution in [0.2, 0.25) is 0 Å². The maximum absolute atomic E-state index is 10.1. The highest BCUT2D eigenvalue weighted by Gasteiger charge is 2.28. The van der Waals surface area contributed by atoms with Gasteiger partial charge in [-0.2, -0.15) is 0 Å². The molecule has 1 atom stereocenters. The molecular formula is C14H20BrNO2. The van der Waals surface area contributed by atoms with Crippen molar-refractivity contribution in [1.29, 1.82) is 0 Å². The molecular weight excluding hydrogens is 294 g/mol. The Morgan fingerprint density at radius 2 is 2.28 bits per heavy atom. The molecule has 4 heteroatoms. The van der Waals surface area contributed by atoms with Crippen LogP contribution in [0.3, 0.4) is 0 Å². The van der Waals surface area contributed by atoms with Crippen LogP contribution in [-0.4, -0.2) is 35.8 Å². The van der Waals surface area contributed by atoms with Crippen molar-refractivity contribution in [2.45, 2.75) is 31.9 Å². The lowest BCUT2D eigenvalue weighted by Gasteiger charge is -2.37. The van der Waals surface area contributed by atoms with Crippen LogP contribution in [0, 0.1) is 0 Å². The highest BCUT2D eigenvalue weighted by atomic mass is 79.9. The van der Waals surface area contributed by atoms with Crippen molar-refractivity contribution >= 4 is 15.9 Å². The fraction of sp³-hybridized carbons (Fsp3) is 0.571. The molecule has 0 spiro atoms. The number of methoxy groups -OCH3 is 1. The number of nitrogens with zero attached hydrogens (tertiary/aromatic N) is 1.